The van der Waals surface area contributed by atoms with E-state index in [4.69, 9.17) is 9.47 Å². The Morgan fingerprint density at radius 3 is 2.67 bits per heavy atom. The fourth-order valence-electron chi connectivity index (χ4n) is 3.78. The maximum absolute atomic E-state index is 13.4. The van der Waals surface area contributed by atoms with Crippen LogP contribution in [0.3, 0.4) is 0 Å². The van der Waals surface area contributed by atoms with Crippen LogP contribution in [0.25, 0.3) is 15.9 Å². The second-order valence-electron chi connectivity index (χ2n) is 7.88. The molecule has 2 aromatic carbocycles. The number of carbonyl (C=O) groups excluding carboxylic acids is 1. The maximum Gasteiger partial charge on any atom is 0.336 e. The Morgan fingerprint density at radius 1 is 1.03 bits per heavy atom. The van der Waals surface area contributed by atoms with E-state index in [2.05, 4.69) is 5.32 Å². The second kappa shape index (κ2) is 8.25. The highest BCUT2D eigenvalue weighted by molar-refractivity contribution is 7.17. The number of fused-ring (bicyclic) bond motifs is 2. The fraction of sp³-hybridized carbons (Fsp3) is 0.208. The van der Waals surface area contributed by atoms with Gasteiger partial charge in [-0.2, -0.15) is 0 Å². The van der Waals surface area contributed by atoms with Crippen LogP contribution in [0.4, 0.5) is 0 Å². The SMILES string of the molecule is Cc1ccc(-n2c(=O)c3sccc3n(CC(=O)NCc3ccc4c(c3)OCO4)c2=O)cc1C. The number of hydrogen-bond acceptors (Lipinski definition) is 6. The van der Waals surface area contributed by atoms with Crippen LogP contribution in [0, 0.1) is 13.8 Å². The predicted octanol–water partition coefficient (Wildman–Crippen LogP) is 2.88. The van der Waals surface area contributed by atoms with Gasteiger partial charge in [-0.25, -0.2) is 9.36 Å². The van der Waals surface area contributed by atoms with Crippen LogP contribution < -0.4 is 26.0 Å². The average molecular weight is 464 g/mol. The molecule has 4 aromatic rings. The van der Waals surface area contributed by atoms with Crippen molar-refractivity contribution in [3.63, 3.8) is 0 Å². The van der Waals surface area contributed by atoms with Crippen LogP contribution in [-0.2, 0) is 17.9 Å². The van der Waals surface area contributed by atoms with E-state index in [1.54, 1.807) is 23.6 Å². The number of thiophene rings is 1. The fourth-order valence-corrected chi connectivity index (χ4v) is 4.61. The van der Waals surface area contributed by atoms with Crippen molar-refractivity contribution >= 4 is 27.5 Å². The van der Waals surface area contributed by atoms with E-state index in [1.165, 1.54) is 15.9 Å². The zero-order valence-electron chi connectivity index (χ0n) is 18.1. The Balaban J connectivity index is 1.46. The summed E-state index contributed by atoms with van der Waals surface area (Å²) >= 11 is 1.25. The molecule has 2 aromatic heterocycles. The minimum absolute atomic E-state index is 0.181. The van der Waals surface area contributed by atoms with Crippen molar-refractivity contribution in [1.29, 1.82) is 0 Å². The van der Waals surface area contributed by atoms with Crippen LogP contribution in [0.5, 0.6) is 11.5 Å². The first-order chi connectivity index (χ1) is 15.9. The summed E-state index contributed by atoms with van der Waals surface area (Å²) in [5.41, 5.74) is 2.88. The quantitative estimate of drug-likeness (QED) is 0.492. The predicted molar refractivity (Wildman–Crippen MR) is 126 cm³/mol. The Morgan fingerprint density at radius 2 is 1.85 bits per heavy atom. The number of hydrogen-bond donors (Lipinski definition) is 1. The molecule has 1 aliphatic rings. The monoisotopic (exact) mass is 463 g/mol. The molecule has 0 fully saturated rings. The number of carbonyl (C=O) groups is 1. The molecule has 3 heterocycles. The van der Waals surface area contributed by atoms with Crippen LogP contribution >= 0.6 is 11.3 Å². The molecule has 0 saturated heterocycles. The lowest BCUT2D eigenvalue weighted by Gasteiger charge is -2.13. The van der Waals surface area contributed by atoms with E-state index in [0.29, 0.717) is 27.4 Å². The van der Waals surface area contributed by atoms with Crippen molar-refractivity contribution in [2.75, 3.05) is 6.79 Å². The van der Waals surface area contributed by atoms with E-state index in [0.717, 1.165) is 21.3 Å². The summed E-state index contributed by atoms with van der Waals surface area (Å²) in [5.74, 6) is 0.969. The van der Waals surface area contributed by atoms with Gasteiger partial charge in [-0.1, -0.05) is 12.1 Å². The number of rotatable bonds is 5. The number of amides is 1. The molecule has 1 N–H and O–H groups in total. The first-order valence-electron chi connectivity index (χ1n) is 10.4. The second-order valence-corrected chi connectivity index (χ2v) is 8.79. The molecule has 0 radical (unpaired) electrons. The Labute approximate surface area is 192 Å². The summed E-state index contributed by atoms with van der Waals surface area (Å²) in [7, 11) is 0. The first kappa shape index (κ1) is 21.0. The lowest BCUT2D eigenvalue weighted by molar-refractivity contribution is -0.121. The number of nitrogens with zero attached hydrogens (tertiary/aromatic N) is 2. The van der Waals surface area contributed by atoms with E-state index >= 15 is 0 Å². The van der Waals surface area contributed by atoms with E-state index in [-0.39, 0.29) is 31.3 Å². The smallest absolute Gasteiger partial charge is 0.336 e. The van der Waals surface area contributed by atoms with Gasteiger partial charge in [0.05, 0.1) is 11.2 Å². The van der Waals surface area contributed by atoms with Gasteiger partial charge in [-0.3, -0.25) is 14.2 Å². The lowest BCUT2D eigenvalue weighted by Crippen LogP contribution is -2.41. The number of aromatic nitrogens is 2. The summed E-state index contributed by atoms with van der Waals surface area (Å²) in [6.45, 7) is 4.14. The normalized spacial score (nSPS) is 12.3. The number of benzene rings is 2. The molecule has 0 bridgehead atoms. The molecule has 1 aliphatic heterocycles. The van der Waals surface area contributed by atoms with Gasteiger partial charge in [0.1, 0.15) is 11.2 Å². The molecule has 168 valence electrons. The van der Waals surface area contributed by atoms with E-state index in [9.17, 15) is 14.4 Å². The van der Waals surface area contributed by atoms with Crippen molar-refractivity contribution in [2.45, 2.75) is 26.9 Å². The molecule has 9 heteroatoms. The Bertz CT molecular complexity index is 1520. The van der Waals surface area contributed by atoms with Gasteiger partial charge in [0.15, 0.2) is 11.5 Å². The maximum atomic E-state index is 13.4. The zero-order chi connectivity index (χ0) is 23.1. The van der Waals surface area contributed by atoms with Crippen molar-refractivity contribution in [3.05, 3.63) is 85.4 Å². The molecule has 1 amide bonds. The number of nitrogens with one attached hydrogen (secondary N) is 1. The van der Waals surface area contributed by atoms with Gasteiger partial charge < -0.3 is 14.8 Å². The molecule has 0 atom stereocenters. The number of ether oxygens (including phenoxy) is 2. The van der Waals surface area contributed by atoms with Gasteiger partial charge >= 0.3 is 5.69 Å². The molecule has 0 saturated carbocycles. The first-order valence-corrected chi connectivity index (χ1v) is 11.3. The third-order valence-electron chi connectivity index (χ3n) is 5.73. The minimum Gasteiger partial charge on any atom is -0.454 e. The van der Waals surface area contributed by atoms with Gasteiger partial charge in [0, 0.05) is 6.54 Å². The molecule has 8 nitrogen and oxygen atoms in total. The molecular weight excluding hydrogens is 442 g/mol. The van der Waals surface area contributed by atoms with Crippen molar-refractivity contribution < 1.29 is 14.3 Å². The summed E-state index contributed by atoms with van der Waals surface area (Å²) < 4.78 is 13.6. The summed E-state index contributed by atoms with van der Waals surface area (Å²) in [5, 5.41) is 4.58. The topological polar surface area (TPSA) is 91.6 Å². The minimum atomic E-state index is -0.549. The third kappa shape index (κ3) is 3.80. The van der Waals surface area contributed by atoms with Crippen LogP contribution in [0.15, 0.2) is 57.4 Å². The van der Waals surface area contributed by atoms with Crippen LogP contribution in [0.1, 0.15) is 16.7 Å². The molecule has 5 rings (SSSR count). The summed E-state index contributed by atoms with van der Waals surface area (Å²) in [6.07, 6.45) is 0. The highest BCUT2D eigenvalue weighted by Crippen LogP contribution is 2.32. The highest BCUT2D eigenvalue weighted by atomic mass is 32.1. The molecular formula is C24H21N3O5S. The molecule has 33 heavy (non-hydrogen) atoms. The van der Waals surface area contributed by atoms with Crippen molar-refractivity contribution in [3.8, 4) is 17.2 Å². The van der Waals surface area contributed by atoms with Crippen LogP contribution in [0.2, 0.25) is 0 Å². The molecule has 0 spiro atoms. The standard InChI is InChI=1S/C24H21N3O5S/c1-14-3-5-17(9-15(14)2)27-23(29)22-18(7-8-33-22)26(24(27)30)12-21(28)25-11-16-4-6-19-20(10-16)32-13-31-19/h3-10H,11-13H2,1-2H3,(H,25,28). The van der Waals surface area contributed by atoms with Gasteiger partial charge in [-0.05, 0) is 66.2 Å². The lowest BCUT2D eigenvalue weighted by atomic mass is 10.1. The Kier molecular flexibility index (Phi) is 5.26. The number of aryl methyl sites for hydroxylation is 2. The van der Waals surface area contributed by atoms with Gasteiger partial charge in [-0.15, -0.1) is 11.3 Å². The summed E-state index contributed by atoms with van der Waals surface area (Å²) in [6, 6.07) is 12.6. The Hall–Kier alpha value is -3.85. The third-order valence-corrected chi connectivity index (χ3v) is 6.62. The molecule has 0 unspecified atom stereocenters. The average Bonchev–Trinajstić information content (AvgIpc) is 3.47. The molecule has 0 aliphatic carbocycles. The summed E-state index contributed by atoms with van der Waals surface area (Å²) in [4.78, 5) is 39.2. The van der Waals surface area contributed by atoms with Crippen molar-refractivity contribution in [1.82, 2.24) is 14.5 Å². The van der Waals surface area contributed by atoms with Gasteiger partial charge in [0.2, 0.25) is 12.7 Å². The van der Waals surface area contributed by atoms with Crippen LogP contribution in [-0.4, -0.2) is 21.8 Å². The zero-order valence-corrected chi connectivity index (χ0v) is 18.9. The largest absolute Gasteiger partial charge is 0.454 e. The van der Waals surface area contributed by atoms with E-state index in [1.807, 2.05) is 38.1 Å². The van der Waals surface area contributed by atoms with E-state index < -0.39 is 5.69 Å². The van der Waals surface area contributed by atoms with Crippen molar-refractivity contribution in [2.24, 2.45) is 0 Å². The highest BCUT2D eigenvalue weighted by Gasteiger charge is 2.18. The van der Waals surface area contributed by atoms with Gasteiger partial charge in [0.25, 0.3) is 5.56 Å².